The Labute approximate surface area is 83.8 Å². The highest BCUT2D eigenvalue weighted by Gasteiger charge is 2.37. The van der Waals surface area contributed by atoms with Gasteiger partial charge in [0.1, 0.15) is 11.6 Å². The quantitative estimate of drug-likeness (QED) is 0.695. The summed E-state index contributed by atoms with van der Waals surface area (Å²) in [6.45, 7) is 0.312. The third kappa shape index (κ3) is 1.55. The number of anilines is 1. The molecule has 1 fully saturated rings. The standard InChI is InChI=1S/C7H9N3O3S/c11-4-1-5(6(12)13)10(2-4)7-9-8-3-14-7/h3-5,11H,1-2H2,(H,12,13). The van der Waals surface area contributed by atoms with Gasteiger partial charge in [0.05, 0.1) is 6.10 Å². The summed E-state index contributed by atoms with van der Waals surface area (Å²) < 4.78 is 0. The monoisotopic (exact) mass is 215 g/mol. The average Bonchev–Trinajstić information content (AvgIpc) is 2.70. The SMILES string of the molecule is O=C(O)C1CC(O)CN1c1nncs1. The normalized spacial score (nSPS) is 26.8. The first-order valence-corrected chi connectivity index (χ1v) is 5.00. The Morgan fingerprint density at radius 3 is 3.07 bits per heavy atom. The molecule has 0 amide bonds. The van der Waals surface area contributed by atoms with E-state index in [2.05, 4.69) is 10.2 Å². The molecule has 6 nitrogen and oxygen atoms in total. The number of carbonyl (C=O) groups is 1. The zero-order valence-electron chi connectivity index (χ0n) is 7.20. The van der Waals surface area contributed by atoms with Crippen LogP contribution in [0.25, 0.3) is 0 Å². The lowest BCUT2D eigenvalue weighted by Gasteiger charge is -2.18. The van der Waals surface area contributed by atoms with Crippen molar-refractivity contribution in [2.24, 2.45) is 0 Å². The fourth-order valence-electron chi connectivity index (χ4n) is 1.55. The first-order valence-electron chi connectivity index (χ1n) is 4.12. The summed E-state index contributed by atoms with van der Waals surface area (Å²) in [6.07, 6.45) is -0.352. The van der Waals surface area contributed by atoms with Gasteiger partial charge in [-0.1, -0.05) is 11.3 Å². The molecule has 1 saturated heterocycles. The van der Waals surface area contributed by atoms with Gasteiger partial charge in [-0.15, -0.1) is 10.2 Å². The molecule has 2 atom stereocenters. The van der Waals surface area contributed by atoms with Crippen molar-refractivity contribution in [3.05, 3.63) is 5.51 Å². The van der Waals surface area contributed by atoms with Crippen LogP contribution in [0.1, 0.15) is 6.42 Å². The average molecular weight is 215 g/mol. The summed E-state index contributed by atoms with van der Waals surface area (Å²) in [6, 6.07) is -0.682. The van der Waals surface area contributed by atoms with E-state index in [4.69, 9.17) is 5.11 Å². The molecule has 14 heavy (non-hydrogen) atoms. The van der Waals surface area contributed by atoms with Crippen molar-refractivity contribution in [2.45, 2.75) is 18.6 Å². The molecule has 76 valence electrons. The predicted molar refractivity (Wildman–Crippen MR) is 49.3 cm³/mol. The molecule has 0 bridgehead atoms. The number of β-amino-alcohol motifs (C(OH)–C–C–N with tert-alkyl or cyclic N) is 1. The smallest absolute Gasteiger partial charge is 0.326 e. The largest absolute Gasteiger partial charge is 0.480 e. The fraction of sp³-hybridized carbons (Fsp3) is 0.571. The maximum Gasteiger partial charge on any atom is 0.326 e. The van der Waals surface area contributed by atoms with Crippen molar-refractivity contribution >= 4 is 22.4 Å². The summed E-state index contributed by atoms with van der Waals surface area (Å²) in [7, 11) is 0. The second kappa shape index (κ2) is 3.50. The minimum Gasteiger partial charge on any atom is -0.480 e. The van der Waals surface area contributed by atoms with Crippen LogP contribution >= 0.6 is 11.3 Å². The molecular formula is C7H9N3O3S. The van der Waals surface area contributed by atoms with Crippen molar-refractivity contribution < 1.29 is 15.0 Å². The Kier molecular flexibility index (Phi) is 2.34. The summed E-state index contributed by atoms with van der Waals surface area (Å²) in [5.74, 6) is -0.934. The van der Waals surface area contributed by atoms with Gasteiger partial charge < -0.3 is 15.1 Å². The summed E-state index contributed by atoms with van der Waals surface area (Å²) in [4.78, 5) is 12.4. The van der Waals surface area contributed by atoms with E-state index in [1.54, 1.807) is 10.4 Å². The number of nitrogens with zero attached hydrogens (tertiary/aromatic N) is 3. The molecule has 0 saturated carbocycles. The topological polar surface area (TPSA) is 86.5 Å². The van der Waals surface area contributed by atoms with E-state index < -0.39 is 18.1 Å². The van der Waals surface area contributed by atoms with Gasteiger partial charge in [-0.25, -0.2) is 4.79 Å². The lowest BCUT2D eigenvalue weighted by atomic mass is 10.2. The van der Waals surface area contributed by atoms with Gasteiger partial charge in [0.25, 0.3) is 0 Å². The van der Waals surface area contributed by atoms with E-state index in [1.807, 2.05) is 0 Å². The van der Waals surface area contributed by atoms with E-state index in [0.29, 0.717) is 11.7 Å². The van der Waals surface area contributed by atoms with Crippen molar-refractivity contribution in [3.63, 3.8) is 0 Å². The van der Waals surface area contributed by atoms with Gasteiger partial charge in [0.15, 0.2) is 0 Å². The zero-order chi connectivity index (χ0) is 10.1. The number of aliphatic hydroxyl groups excluding tert-OH is 1. The van der Waals surface area contributed by atoms with Gasteiger partial charge in [0, 0.05) is 13.0 Å². The van der Waals surface area contributed by atoms with Crippen LogP contribution < -0.4 is 4.90 Å². The van der Waals surface area contributed by atoms with Crippen LogP contribution in [0.3, 0.4) is 0 Å². The van der Waals surface area contributed by atoms with Gasteiger partial charge in [0.2, 0.25) is 5.13 Å². The molecule has 7 heteroatoms. The molecule has 1 aliphatic rings. The van der Waals surface area contributed by atoms with Crippen molar-refractivity contribution in [1.29, 1.82) is 0 Å². The Bertz CT molecular complexity index is 329. The third-order valence-electron chi connectivity index (χ3n) is 2.16. The molecule has 1 aliphatic heterocycles. The number of aliphatic hydroxyl groups is 1. The van der Waals surface area contributed by atoms with Crippen LogP contribution in [0.2, 0.25) is 0 Å². The van der Waals surface area contributed by atoms with Crippen molar-refractivity contribution in [3.8, 4) is 0 Å². The Balaban J connectivity index is 2.21. The molecule has 0 spiro atoms. The first-order chi connectivity index (χ1) is 6.68. The molecule has 2 heterocycles. The molecular weight excluding hydrogens is 206 g/mol. The predicted octanol–water partition coefficient (Wildman–Crippen LogP) is -0.438. The van der Waals surface area contributed by atoms with Gasteiger partial charge in [-0.05, 0) is 0 Å². The van der Waals surface area contributed by atoms with Gasteiger partial charge in [-0.2, -0.15) is 0 Å². The van der Waals surface area contributed by atoms with E-state index in [0.717, 1.165) is 0 Å². The van der Waals surface area contributed by atoms with Crippen LogP contribution in [0, 0.1) is 0 Å². The minimum atomic E-state index is -0.934. The number of aromatic nitrogens is 2. The zero-order valence-corrected chi connectivity index (χ0v) is 8.02. The fourth-order valence-corrected chi connectivity index (χ4v) is 2.17. The highest BCUT2D eigenvalue weighted by atomic mass is 32.1. The minimum absolute atomic E-state index is 0.245. The van der Waals surface area contributed by atoms with Gasteiger partial charge >= 0.3 is 5.97 Å². The number of carboxylic acids is 1. The maximum absolute atomic E-state index is 10.9. The van der Waals surface area contributed by atoms with E-state index in [1.165, 1.54) is 11.3 Å². The molecule has 2 rings (SSSR count). The van der Waals surface area contributed by atoms with Gasteiger partial charge in [-0.3, -0.25) is 0 Å². The van der Waals surface area contributed by atoms with Crippen LogP contribution in [-0.2, 0) is 4.79 Å². The lowest BCUT2D eigenvalue weighted by molar-refractivity contribution is -0.138. The van der Waals surface area contributed by atoms with Crippen LogP contribution in [-0.4, -0.2) is 45.1 Å². The molecule has 0 aromatic carbocycles. The second-order valence-corrected chi connectivity index (χ2v) is 3.93. The summed E-state index contributed by atoms with van der Waals surface area (Å²) >= 11 is 1.27. The molecule has 0 aliphatic carbocycles. The second-order valence-electron chi connectivity index (χ2n) is 3.12. The van der Waals surface area contributed by atoms with E-state index in [9.17, 15) is 9.90 Å². The van der Waals surface area contributed by atoms with Crippen LogP contribution in [0.15, 0.2) is 5.51 Å². The number of rotatable bonds is 2. The lowest BCUT2D eigenvalue weighted by Crippen LogP contribution is -2.35. The molecule has 0 radical (unpaired) electrons. The highest BCUT2D eigenvalue weighted by Crippen LogP contribution is 2.26. The highest BCUT2D eigenvalue weighted by molar-refractivity contribution is 7.13. The Morgan fingerprint density at radius 2 is 2.50 bits per heavy atom. The van der Waals surface area contributed by atoms with Crippen molar-refractivity contribution in [2.75, 3.05) is 11.4 Å². The summed E-state index contributed by atoms with van der Waals surface area (Å²) in [5.41, 5.74) is 1.54. The molecule has 2 N–H and O–H groups in total. The number of aliphatic carboxylic acids is 1. The molecule has 1 aromatic heterocycles. The van der Waals surface area contributed by atoms with Crippen LogP contribution in [0.4, 0.5) is 5.13 Å². The third-order valence-corrected chi connectivity index (χ3v) is 2.88. The molecule has 2 unspecified atom stereocenters. The van der Waals surface area contributed by atoms with Crippen molar-refractivity contribution in [1.82, 2.24) is 10.2 Å². The Morgan fingerprint density at radius 1 is 1.71 bits per heavy atom. The molecule has 1 aromatic rings. The number of hydrogen-bond acceptors (Lipinski definition) is 6. The summed E-state index contributed by atoms with van der Waals surface area (Å²) in [5, 5.41) is 26.2. The first kappa shape index (κ1) is 9.35. The number of carboxylic acid groups (broad SMARTS) is 1. The van der Waals surface area contributed by atoms with E-state index in [-0.39, 0.29) is 6.42 Å². The van der Waals surface area contributed by atoms with E-state index >= 15 is 0 Å². The number of hydrogen-bond donors (Lipinski definition) is 2. The maximum atomic E-state index is 10.9. The van der Waals surface area contributed by atoms with Crippen LogP contribution in [0.5, 0.6) is 0 Å². The Hall–Kier alpha value is -1.21.